The number of hydrazone groups is 1. The first-order chi connectivity index (χ1) is 10.8. The second-order valence-corrected chi connectivity index (χ2v) is 6.30. The predicted octanol–water partition coefficient (Wildman–Crippen LogP) is 1.92. The van der Waals surface area contributed by atoms with Crippen molar-refractivity contribution in [3.8, 4) is 5.75 Å². The van der Waals surface area contributed by atoms with E-state index in [-0.39, 0.29) is 10.5 Å². The summed E-state index contributed by atoms with van der Waals surface area (Å²) >= 11 is 0. The number of nitrogens with one attached hydrogen (secondary N) is 1. The Morgan fingerprint density at radius 3 is 2.48 bits per heavy atom. The Morgan fingerprint density at radius 2 is 1.87 bits per heavy atom. The van der Waals surface area contributed by atoms with Gasteiger partial charge >= 0.3 is 5.69 Å². The molecule has 23 heavy (non-hydrogen) atoms. The molecule has 0 aliphatic heterocycles. The van der Waals surface area contributed by atoms with Crippen molar-refractivity contribution in [1.82, 2.24) is 4.83 Å². The number of hydrogen-bond donors (Lipinski definition) is 2. The van der Waals surface area contributed by atoms with Crippen molar-refractivity contribution >= 4 is 21.9 Å². The average Bonchev–Trinajstić information content (AvgIpc) is 2.49. The van der Waals surface area contributed by atoms with E-state index >= 15 is 0 Å². The Hall–Kier alpha value is -2.94. The molecule has 2 N–H and O–H groups in total. The van der Waals surface area contributed by atoms with Gasteiger partial charge in [0.25, 0.3) is 10.0 Å². The van der Waals surface area contributed by atoms with Crippen LogP contribution in [0, 0.1) is 17.0 Å². The van der Waals surface area contributed by atoms with Gasteiger partial charge in [0.2, 0.25) is 5.75 Å². The Kier molecular flexibility index (Phi) is 4.60. The number of aromatic hydroxyl groups is 1. The monoisotopic (exact) mass is 335 g/mol. The van der Waals surface area contributed by atoms with Gasteiger partial charge in [-0.2, -0.15) is 13.5 Å². The summed E-state index contributed by atoms with van der Waals surface area (Å²) in [7, 11) is -3.85. The van der Waals surface area contributed by atoms with E-state index in [0.29, 0.717) is 0 Å². The van der Waals surface area contributed by atoms with Gasteiger partial charge in [-0.15, -0.1) is 0 Å². The minimum atomic E-state index is -3.85. The number of hydrogen-bond acceptors (Lipinski definition) is 6. The predicted molar refractivity (Wildman–Crippen MR) is 83.9 cm³/mol. The van der Waals surface area contributed by atoms with Gasteiger partial charge in [0.1, 0.15) is 0 Å². The highest BCUT2D eigenvalue weighted by atomic mass is 32.2. The molecular formula is C14H13N3O5S. The van der Waals surface area contributed by atoms with E-state index in [0.717, 1.165) is 17.8 Å². The molecule has 0 unspecified atom stereocenters. The average molecular weight is 335 g/mol. The fourth-order valence-corrected chi connectivity index (χ4v) is 2.53. The molecule has 0 aromatic heterocycles. The van der Waals surface area contributed by atoms with Crippen LogP contribution in [0.25, 0.3) is 0 Å². The first-order valence-electron chi connectivity index (χ1n) is 6.39. The zero-order chi connectivity index (χ0) is 17.0. The lowest BCUT2D eigenvalue weighted by Crippen LogP contribution is -2.18. The zero-order valence-electron chi connectivity index (χ0n) is 12.0. The van der Waals surface area contributed by atoms with E-state index < -0.39 is 26.4 Å². The molecule has 0 radical (unpaired) electrons. The number of nitro benzene ring substituents is 1. The molecule has 2 aromatic rings. The number of phenols is 1. The third kappa shape index (κ3) is 3.83. The summed E-state index contributed by atoms with van der Waals surface area (Å²) in [5.74, 6) is -0.587. The molecule has 0 aliphatic carbocycles. The number of para-hydroxylation sites is 1. The topological polar surface area (TPSA) is 122 Å². The molecule has 0 aliphatic rings. The molecule has 0 bridgehead atoms. The van der Waals surface area contributed by atoms with Gasteiger partial charge in [0.15, 0.2) is 0 Å². The Labute approximate surface area is 132 Å². The number of nitrogens with zero attached hydrogens (tertiary/aromatic N) is 2. The van der Waals surface area contributed by atoms with Crippen LogP contribution >= 0.6 is 0 Å². The first kappa shape index (κ1) is 16.4. The molecule has 0 atom stereocenters. The SMILES string of the molecule is Cc1ccc(S(=O)(=O)NN=Cc2cccc([N+](=O)[O-])c2O)cc1. The van der Waals surface area contributed by atoms with Gasteiger partial charge < -0.3 is 5.11 Å². The van der Waals surface area contributed by atoms with Crippen LogP contribution in [0.1, 0.15) is 11.1 Å². The van der Waals surface area contributed by atoms with Crippen LogP contribution in [0.5, 0.6) is 5.75 Å². The fraction of sp³-hybridized carbons (Fsp3) is 0.0714. The van der Waals surface area contributed by atoms with Crippen molar-refractivity contribution in [2.24, 2.45) is 5.10 Å². The number of aryl methyl sites for hydroxylation is 1. The lowest BCUT2D eigenvalue weighted by molar-refractivity contribution is -0.385. The van der Waals surface area contributed by atoms with Crippen LogP contribution in [-0.4, -0.2) is 24.7 Å². The lowest BCUT2D eigenvalue weighted by atomic mass is 10.2. The van der Waals surface area contributed by atoms with Crippen LogP contribution in [0.4, 0.5) is 5.69 Å². The smallest absolute Gasteiger partial charge is 0.311 e. The van der Waals surface area contributed by atoms with Gasteiger partial charge in [-0.05, 0) is 25.1 Å². The minimum Gasteiger partial charge on any atom is -0.502 e. The number of nitro groups is 1. The summed E-state index contributed by atoms with van der Waals surface area (Å²) in [6.45, 7) is 1.83. The van der Waals surface area contributed by atoms with Gasteiger partial charge in [0.05, 0.1) is 16.0 Å². The van der Waals surface area contributed by atoms with Crippen LogP contribution in [0.15, 0.2) is 52.5 Å². The maximum Gasteiger partial charge on any atom is 0.311 e. The third-order valence-electron chi connectivity index (χ3n) is 2.95. The van der Waals surface area contributed by atoms with Crippen molar-refractivity contribution in [3.05, 3.63) is 63.7 Å². The molecule has 2 aromatic carbocycles. The van der Waals surface area contributed by atoms with Gasteiger partial charge in [-0.25, -0.2) is 4.83 Å². The standard InChI is InChI=1S/C14H13N3O5S/c1-10-5-7-12(8-6-10)23(21,22)16-15-9-11-3-2-4-13(14(11)18)17(19)20/h2-9,16,18H,1H3. The first-order valence-corrected chi connectivity index (χ1v) is 7.87. The van der Waals surface area contributed by atoms with Crippen LogP contribution in [0.2, 0.25) is 0 Å². The maximum atomic E-state index is 12.0. The minimum absolute atomic E-state index is 0.0193. The summed E-state index contributed by atoms with van der Waals surface area (Å²) < 4.78 is 24.0. The van der Waals surface area contributed by atoms with Gasteiger partial charge in [-0.3, -0.25) is 10.1 Å². The molecule has 0 spiro atoms. The van der Waals surface area contributed by atoms with Crippen LogP contribution in [-0.2, 0) is 10.0 Å². The number of phenolic OH excluding ortho intramolecular Hbond substituents is 1. The highest BCUT2D eigenvalue weighted by Gasteiger charge is 2.16. The van der Waals surface area contributed by atoms with E-state index in [1.807, 2.05) is 11.8 Å². The molecule has 9 heteroatoms. The Bertz CT molecular complexity index is 860. The summed E-state index contributed by atoms with van der Waals surface area (Å²) in [5, 5.41) is 24.0. The van der Waals surface area contributed by atoms with Crippen molar-refractivity contribution in [2.45, 2.75) is 11.8 Å². The van der Waals surface area contributed by atoms with Gasteiger partial charge in [-0.1, -0.05) is 23.8 Å². The molecule has 0 fully saturated rings. The normalized spacial score (nSPS) is 11.5. The van der Waals surface area contributed by atoms with E-state index in [1.165, 1.54) is 24.3 Å². The molecular weight excluding hydrogens is 322 g/mol. The number of rotatable bonds is 5. The van der Waals surface area contributed by atoms with E-state index in [1.54, 1.807) is 12.1 Å². The number of sulfonamides is 1. The molecule has 0 saturated heterocycles. The lowest BCUT2D eigenvalue weighted by Gasteiger charge is -2.04. The highest BCUT2D eigenvalue weighted by Crippen LogP contribution is 2.27. The van der Waals surface area contributed by atoms with Crippen LogP contribution in [0.3, 0.4) is 0 Å². The van der Waals surface area contributed by atoms with E-state index in [2.05, 4.69) is 5.10 Å². The van der Waals surface area contributed by atoms with Gasteiger partial charge in [0, 0.05) is 11.6 Å². The summed E-state index contributed by atoms with van der Waals surface area (Å²) in [4.78, 5) is 12.0. The summed E-state index contributed by atoms with van der Waals surface area (Å²) in [5.41, 5.74) is 0.440. The molecule has 0 heterocycles. The molecule has 120 valence electrons. The summed E-state index contributed by atoms with van der Waals surface area (Å²) in [6.07, 6.45) is 0.994. The van der Waals surface area contributed by atoms with E-state index in [4.69, 9.17) is 0 Å². The number of benzene rings is 2. The molecule has 0 amide bonds. The quantitative estimate of drug-likeness (QED) is 0.491. The Morgan fingerprint density at radius 1 is 1.22 bits per heavy atom. The second-order valence-electron chi connectivity index (χ2n) is 4.64. The molecule has 2 rings (SSSR count). The summed E-state index contributed by atoms with van der Waals surface area (Å²) in [6, 6.07) is 9.99. The van der Waals surface area contributed by atoms with Crippen molar-refractivity contribution in [1.29, 1.82) is 0 Å². The second kappa shape index (κ2) is 6.44. The highest BCUT2D eigenvalue weighted by molar-refractivity contribution is 7.89. The van der Waals surface area contributed by atoms with E-state index in [9.17, 15) is 23.6 Å². The largest absolute Gasteiger partial charge is 0.502 e. The molecule has 8 nitrogen and oxygen atoms in total. The molecule has 0 saturated carbocycles. The van der Waals surface area contributed by atoms with Crippen molar-refractivity contribution in [2.75, 3.05) is 0 Å². The third-order valence-corrected chi connectivity index (χ3v) is 4.19. The zero-order valence-corrected chi connectivity index (χ0v) is 12.8. The Balaban J connectivity index is 2.20. The van der Waals surface area contributed by atoms with Crippen molar-refractivity contribution in [3.63, 3.8) is 0 Å². The maximum absolute atomic E-state index is 12.0. The van der Waals surface area contributed by atoms with Crippen molar-refractivity contribution < 1.29 is 18.4 Å². The van der Waals surface area contributed by atoms with Crippen LogP contribution < -0.4 is 4.83 Å². The fourth-order valence-electron chi connectivity index (χ4n) is 1.74.